The van der Waals surface area contributed by atoms with Gasteiger partial charge in [0.05, 0.1) is 16.9 Å². The quantitative estimate of drug-likeness (QED) is 0.159. The minimum absolute atomic E-state index is 0.0497. The molecule has 6 nitrogen and oxygen atoms in total. The first kappa shape index (κ1) is 28.9. The van der Waals surface area contributed by atoms with Gasteiger partial charge in [-0.1, -0.05) is 101 Å². The van der Waals surface area contributed by atoms with Gasteiger partial charge in [0.1, 0.15) is 5.75 Å². The van der Waals surface area contributed by atoms with Gasteiger partial charge in [-0.05, 0) is 24.6 Å². The van der Waals surface area contributed by atoms with Crippen LogP contribution in [0.25, 0.3) is 10.8 Å². The van der Waals surface area contributed by atoms with Crippen LogP contribution in [0.5, 0.6) is 5.75 Å². The standard InChI is InChI=1S/C32H40N2O4/c1-3-4-5-6-7-8-9-10-11-16-21-34(24(2)36)30-22-28(31(37)27-19-14-13-18-26(27)30)32(38)33-29-20-15-12-17-25(29)23-35/h12-15,17-20,22-23,37H,3-11,16,21H2,1-2H3,(H,33,38). The smallest absolute Gasteiger partial charge is 0.259 e. The van der Waals surface area contributed by atoms with Crippen molar-refractivity contribution in [3.63, 3.8) is 0 Å². The molecule has 202 valence electrons. The summed E-state index contributed by atoms with van der Waals surface area (Å²) in [6.45, 7) is 4.30. The highest BCUT2D eigenvalue weighted by Gasteiger charge is 2.22. The van der Waals surface area contributed by atoms with Crippen LogP contribution in [0.4, 0.5) is 11.4 Å². The van der Waals surface area contributed by atoms with E-state index in [2.05, 4.69) is 12.2 Å². The Hall–Kier alpha value is -3.67. The molecule has 6 heteroatoms. The van der Waals surface area contributed by atoms with Crippen molar-refractivity contribution < 1.29 is 19.5 Å². The second-order valence-electron chi connectivity index (χ2n) is 9.85. The van der Waals surface area contributed by atoms with E-state index in [1.54, 1.807) is 47.4 Å². The molecule has 0 aliphatic rings. The Bertz CT molecular complexity index is 1240. The summed E-state index contributed by atoms with van der Waals surface area (Å²) in [5.74, 6) is -0.825. The number of hydrogen-bond acceptors (Lipinski definition) is 4. The first-order valence-electron chi connectivity index (χ1n) is 13.9. The van der Waals surface area contributed by atoms with Crippen LogP contribution in [0.3, 0.4) is 0 Å². The Morgan fingerprint density at radius 3 is 2.05 bits per heavy atom. The molecular weight excluding hydrogens is 476 g/mol. The molecule has 0 saturated heterocycles. The number of fused-ring (bicyclic) bond motifs is 1. The third-order valence-corrected chi connectivity index (χ3v) is 6.98. The lowest BCUT2D eigenvalue weighted by molar-refractivity contribution is -0.116. The summed E-state index contributed by atoms with van der Waals surface area (Å²) in [6, 6.07) is 15.5. The lowest BCUT2D eigenvalue weighted by Crippen LogP contribution is -2.30. The minimum Gasteiger partial charge on any atom is -0.506 e. The molecule has 0 bridgehead atoms. The number of phenols is 1. The number of carbonyl (C=O) groups is 3. The number of phenolic OH excluding ortho intramolecular Hbond substituents is 1. The number of para-hydroxylation sites is 1. The molecule has 38 heavy (non-hydrogen) atoms. The Labute approximate surface area is 226 Å². The Morgan fingerprint density at radius 1 is 0.842 bits per heavy atom. The van der Waals surface area contributed by atoms with Gasteiger partial charge in [0.25, 0.3) is 5.91 Å². The summed E-state index contributed by atoms with van der Waals surface area (Å²) in [5.41, 5.74) is 1.34. The summed E-state index contributed by atoms with van der Waals surface area (Å²) < 4.78 is 0. The highest BCUT2D eigenvalue weighted by atomic mass is 16.3. The van der Waals surface area contributed by atoms with E-state index in [1.807, 2.05) is 12.1 Å². The van der Waals surface area contributed by atoms with E-state index in [0.717, 1.165) is 19.3 Å². The number of unbranched alkanes of at least 4 members (excludes halogenated alkanes) is 9. The van der Waals surface area contributed by atoms with Crippen LogP contribution in [0.1, 0.15) is 98.8 Å². The van der Waals surface area contributed by atoms with E-state index in [1.165, 1.54) is 51.9 Å². The number of hydrogen-bond donors (Lipinski definition) is 2. The fraction of sp³-hybridized carbons (Fsp3) is 0.406. The predicted molar refractivity (Wildman–Crippen MR) is 155 cm³/mol. The molecule has 0 aliphatic carbocycles. The van der Waals surface area contributed by atoms with Crippen molar-refractivity contribution in [2.45, 2.75) is 78.1 Å². The minimum atomic E-state index is -0.550. The maximum absolute atomic E-state index is 13.2. The molecular formula is C32H40N2O4. The molecule has 3 aromatic carbocycles. The molecule has 3 rings (SSSR count). The van der Waals surface area contributed by atoms with Crippen molar-refractivity contribution >= 4 is 40.2 Å². The van der Waals surface area contributed by atoms with Crippen molar-refractivity contribution in [3.8, 4) is 5.75 Å². The van der Waals surface area contributed by atoms with E-state index in [0.29, 0.717) is 40.5 Å². The second-order valence-corrected chi connectivity index (χ2v) is 9.85. The number of aromatic hydroxyl groups is 1. The van der Waals surface area contributed by atoms with Gasteiger partial charge in [-0.15, -0.1) is 0 Å². The first-order chi connectivity index (χ1) is 18.5. The van der Waals surface area contributed by atoms with Crippen LogP contribution >= 0.6 is 0 Å². The molecule has 0 aliphatic heterocycles. The average Bonchev–Trinajstić information content (AvgIpc) is 2.92. The number of anilines is 2. The van der Waals surface area contributed by atoms with Gasteiger partial charge < -0.3 is 15.3 Å². The van der Waals surface area contributed by atoms with Gasteiger partial charge >= 0.3 is 0 Å². The van der Waals surface area contributed by atoms with Crippen molar-refractivity contribution in [2.24, 2.45) is 0 Å². The van der Waals surface area contributed by atoms with E-state index in [-0.39, 0.29) is 17.2 Å². The predicted octanol–water partition coefficient (Wildman–Crippen LogP) is 7.88. The van der Waals surface area contributed by atoms with Gasteiger partial charge in [-0.2, -0.15) is 0 Å². The summed E-state index contributed by atoms with van der Waals surface area (Å²) in [6.07, 6.45) is 12.7. The summed E-state index contributed by atoms with van der Waals surface area (Å²) in [4.78, 5) is 39.1. The van der Waals surface area contributed by atoms with Crippen molar-refractivity contribution in [3.05, 3.63) is 65.7 Å². The molecule has 0 aromatic heterocycles. The third-order valence-electron chi connectivity index (χ3n) is 6.98. The number of carbonyl (C=O) groups excluding carboxylic acids is 3. The zero-order chi connectivity index (χ0) is 27.3. The third kappa shape index (κ3) is 7.67. The lowest BCUT2D eigenvalue weighted by Gasteiger charge is -2.24. The summed E-state index contributed by atoms with van der Waals surface area (Å²) in [7, 11) is 0. The highest BCUT2D eigenvalue weighted by Crippen LogP contribution is 2.37. The number of nitrogens with one attached hydrogen (secondary N) is 1. The van der Waals surface area contributed by atoms with Crippen molar-refractivity contribution in [1.82, 2.24) is 0 Å². The fourth-order valence-electron chi connectivity index (χ4n) is 4.85. The molecule has 0 spiro atoms. The number of amides is 2. The Morgan fingerprint density at radius 2 is 1.42 bits per heavy atom. The van der Waals surface area contributed by atoms with Crippen LogP contribution in [0, 0.1) is 0 Å². The van der Waals surface area contributed by atoms with Crippen molar-refractivity contribution in [2.75, 3.05) is 16.8 Å². The van der Waals surface area contributed by atoms with Crippen LogP contribution in [0.15, 0.2) is 54.6 Å². The first-order valence-corrected chi connectivity index (χ1v) is 13.9. The Kier molecular flexibility index (Phi) is 11.3. The van der Waals surface area contributed by atoms with Crippen molar-refractivity contribution in [1.29, 1.82) is 0 Å². The van der Waals surface area contributed by atoms with Gasteiger partial charge in [0, 0.05) is 29.8 Å². The van der Waals surface area contributed by atoms with Gasteiger partial charge in [-0.25, -0.2) is 0 Å². The van der Waals surface area contributed by atoms with Crippen LogP contribution in [-0.4, -0.2) is 29.8 Å². The number of benzene rings is 3. The van der Waals surface area contributed by atoms with E-state index in [4.69, 9.17) is 0 Å². The number of aldehydes is 1. The molecule has 0 unspecified atom stereocenters. The zero-order valence-corrected chi connectivity index (χ0v) is 22.7. The van der Waals surface area contributed by atoms with Gasteiger partial charge in [-0.3, -0.25) is 14.4 Å². The topological polar surface area (TPSA) is 86.7 Å². The second kappa shape index (κ2) is 14.9. The molecule has 2 N–H and O–H groups in total. The highest BCUT2D eigenvalue weighted by molar-refractivity contribution is 6.15. The molecule has 0 radical (unpaired) electrons. The van der Waals surface area contributed by atoms with Crippen LogP contribution in [-0.2, 0) is 4.79 Å². The SMILES string of the molecule is CCCCCCCCCCCCN(C(C)=O)c1cc(C(=O)Nc2ccccc2C=O)c(O)c2ccccc12. The van der Waals surface area contributed by atoms with E-state index < -0.39 is 5.91 Å². The molecule has 0 saturated carbocycles. The maximum Gasteiger partial charge on any atom is 0.259 e. The van der Waals surface area contributed by atoms with Crippen LogP contribution < -0.4 is 10.2 Å². The number of rotatable bonds is 15. The molecule has 0 atom stereocenters. The molecule has 0 fully saturated rings. The average molecular weight is 517 g/mol. The van der Waals surface area contributed by atoms with Gasteiger partial charge in [0.15, 0.2) is 6.29 Å². The lowest BCUT2D eigenvalue weighted by atomic mass is 10.0. The Balaban J connectivity index is 1.75. The largest absolute Gasteiger partial charge is 0.506 e. The normalized spacial score (nSPS) is 10.9. The summed E-state index contributed by atoms with van der Waals surface area (Å²) >= 11 is 0. The number of nitrogens with zero attached hydrogens (tertiary/aromatic N) is 1. The summed E-state index contributed by atoms with van der Waals surface area (Å²) in [5, 5.41) is 14.9. The monoisotopic (exact) mass is 516 g/mol. The molecule has 2 amide bonds. The van der Waals surface area contributed by atoms with E-state index >= 15 is 0 Å². The zero-order valence-electron chi connectivity index (χ0n) is 22.7. The van der Waals surface area contributed by atoms with E-state index in [9.17, 15) is 19.5 Å². The fourth-order valence-corrected chi connectivity index (χ4v) is 4.85. The van der Waals surface area contributed by atoms with Gasteiger partial charge in [0.2, 0.25) is 5.91 Å². The van der Waals surface area contributed by atoms with Crippen LogP contribution in [0.2, 0.25) is 0 Å². The molecule has 3 aromatic rings. The maximum atomic E-state index is 13.2. The molecule has 0 heterocycles.